The maximum atomic E-state index is 11.3. The van der Waals surface area contributed by atoms with Gasteiger partial charge >= 0.3 is 13.6 Å². The molecule has 1 atom stereocenters. The van der Waals surface area contributed by atoms with Crippen molar-refractivity contribution >= 4 is 36.9 Å². The lowest BCUT2D eigenvalue weighted by Crippen LogP contribution is -2.33. The standard InChI is InChI=1S/C14H17N2O5P.ClH/c1-8-2-3-9-5-10(7-22(19,20)21)13(16-12(9)4-8)6-11(15)14(17)18;/h2-5,11H,6-7,15H2,1H3,(H,17,18)(H2,19,20,21);1H. The average Bonchev–Trinajstić information content (AvgIpc) is 2.37. The van der Waals surface area contributed by atoms with E-state index in [0.29, 0.717) is 16.8 Å². The van der Waals surface area contributed by atoms with Gasteiger partial charge in [0.15, 0.2) is 0 Å². The summed E-state index contributed by atoms with van der Waals surface area (Å²) in [6.07, 6.45) is -0.583. The highest BCUT2D eigenvalue weighted by atomic mass is 35.5. The predicted molar refractivity (Wildman–Crippen MR) is 88.8 cm³/mol. The van der Waals surface area contributed by atoms with Crippen LogP contribution in [0.25, 0.3) is 10.9 Å². The summed E-state index contributed by atoms with van der Waals surface area (Å²) >= 11 is 0. The largest absolute Gasteiger partial charge is 0.480 e. The number of nitrogens with two attached hydrogens (primary N) is 1. The molecule has 1 aromatic heterocycles. The van der Waals surface area contributed by atoms with E-state index < -0.39 is 25.8 Å². The van der Waals surface area contributed by atoms with Gasteiger partial charge in [0.2, 0.25) is 0 Å². The van der Waals surface area contributed by atoms with Crippen LogP contribution < -0.4 is 5.73 Å². The summed E-state index contributed by atoms with van der Waals surface area (Å²) in [7, 11) is -4.30. The van der Waals surface area contributed by atoms with E-state index in [-0.39, 0.29) is 18.8 Å². The van der Waals surface area contributed by atoms with Gasteiger partial charge in [-0.1, -0.05) is 12.1 Å². The van der Waals surface area contributed by atoms with Crippen LogP contribution in [0.2, 0.25) is 0 Å². The number of hydrogen-bond acceptors (Lipinski definition) is 4. The lowest BCUT2D eigenvalue weighted by atomic mass is 10.0. The van der Waals surface area contributed by atoms with Crippen LogP contribution in [0.4, 0.5) is 0 Å². The number of rotatable bonds is 5. The van der Waals surface area contributed by atoms with E-state index in [1.807, 2.05) is 25.1 Å². The van der Waals surface area contributed by atoms with Crippen molar-refractivity contribution in [3.63, 3.8) is 0 Å². The average molecular weight is 361 g/mol. The van der Waals surface area contributed by atoms with E-state index in [1.54, 1.807) is 6.07 Å². The van der Waals surface area contributed by atoms with Gasteiger partial charge in [0.1, 0.15) is 6.04 Å². The minimum Gasteiger partial charge on any atom is -0.480 e. The Morgan fingerprint density at radius 2 is 2.00 bits per heavy atom. The number of carboxylic acids is 1. The van der Waals surface area contributed by atoms with Crippen molar-refractivity contribution in [3.8, 4) is 0 Å². The highest BCUT2D eigenvalue weighted by molar-refractivity contribution is 7.50. The van der Waals surface area contributed by atoms with E-state index in [4.69, 9.17) is 10.8 Å². The Bertz CT molecular complexity index is 777. The number of halogens is 1. The van der Waals surface area contributed by atoms with Gasteiger partial charge in [-0.3, -0.25) is 14.3 Å². The summed E-state index contributed by atoms with van der Waals surface area (Å²) < 4.78 is 11.3. The molecule has 0 amide bonds. The summed E-state index contributed by atoms with van der Waals surface area (Å²) in [6.45, 7) is 1.90. The van der Waals surface area contributed by atoms with Crippen molar-refractivity contribution in [2.24, 2.45) is 5.73 Å². The molecule has 126 valence electrons. The molecule has 23 heavy (non-hydrogen) atoms. The lowest BCUT2D eigenvalue weighted by molar-refractivity contribution is -0.138. The molecule has 0 saturated carbocycles. The van der Waals surface area contributed by atoms with E-state index in [2.05, 4.69) is 4.98 Å². The van der Waals surface area contributed by atoms with Gasteiger partial charge in [0.05, 0.1) is 11.7 Å². The Kier molecular flexibility index (Phi) is 6.27. The first-order valence-corrected chi connectivity index (χ1v) is 8.37. The molecule has 0 spiro atoms. The quantitative estimate of drug-likeness (QED) is 0.595. The molecular weight excluding hydrogens is 343 g/mol. The first-order valence-electron chi connectivity index (χ1n) is 6.58. The van der Waals surface area contributed by atoms with E-state index in [1.165, 1.54) is 0 Å². The second kappa shape index (κ2) is 7.38. The molecule has 1 unspecified atom stereocenters. The molecule has 1 aromatic carbocycles. The van der Waals surface area contributed by atoms with Gasteiger partial charge < -0.3 is 20.6 Å². The monoisotopic (exact) mass is 360 g/mol. The zero-order valence-corrected chi connectivity index (χ0v) is 14.1. The maximum Gasteiger partial charge on any atom is 0.329 e. The number of aliphatic carboxylic acids is 1. The molecule has 2 aromatic rings. The third-order valence-electron chi connectivity index (χ3n) is 3.25. The van der Waals surface area contributed by atoms with Gasteiger partial charge in [-0.05, 0) is 30.2 Å². The highest BCUT2D eigenvalue weighted by Gasteiger charge is 2.21. The van der Waals surface area contributed by atoms with E-state index >= 15 is 0 Å². The Labute approximate surface area is 139 Å². The third kappa shape index (κ3) is 5.27. The SMILES string of the molecule is Cc1ccc2cc(CP(=O)(O)O)c(CC(N)C(=O)O)nc2c1.Cl. The maximum absolute atomic E-state index is 11.3. The van der Waals surface area contributed by atoms with Crippen molar-refractivity contribution in [2.75, 3.05) is 0 Å². The number of aryl methyl sites for hydroxylation is 1. The van der Waals surface area contributed by atoms with Crippen LogP contribution in [0.3, 0.4) is 0 Å². The van der Waals surface area contributed by atoms with Crippen molar-refractivity contribution in [2.45, 2.75) is 25.5 Å². The van der Waals surface area contributed by atoms with Gasteiger partial charge in [0.25, 0.3) is 0 Å². The lowest BCUT2D eigenvalue weighted by Gasteiger charge is -2.14. The zero-order chi connectivity index (χ0) is 16.5. The fraction of sp³-hybridized carbons (Fsp3) is 0.286. The number of carbonyl (C=O) groups is 1. The molecule has 9 heteroatoms. The normalized spacial score (nSPS) is 12.7. The molecule has 5 N–H and O–H groups in total. The Hall–Kier alpha value is -1.50. The van der Waals surface area contributed by atoms with Gasteiger partial charge in [0, 0.05) is 17.5 Å². The number of pyridine rings is 1. The van der Waals surface area contributed by atoms with Crippen molar-refractivity contribution in [1.82, 2.24) is 4.98 Å². The minimum absolute atomic E-state index is 0. The molecular formula is C14H18ClN2O5P. The molecule has 7 nitrogen and oxygen atoms in total. The molecule has 1 heterocycles. The first-order chi connectivity index (χ1) is 10.2. The van der Waals surface area contributed by atoms with E-state index in [0.717, 1.165) is 10.9 Å². The number of nitrogens with zero attached hydrogens (tertiary/aromatic N) is 1. The van der Waals surface area contributed by atoms with Crippen LogP contribution in [0.1, 0.15) is 16.8 Å². The highest BCUT2D eigenvalue weighted by Crippen LogP contribution is 2.40. The second-order valence-electron chi connectivity index (χ2n) is 5.26. The van der Waals surface area contributed by atoms with Crippen LogP contribution in [-0.2, 0) is 21.9 Å². The first kappa shape index (κ1) is 19.5. The molecule has 0 bridgehead atoms. The number of carboxylic acid groups (broad SMARTS) is 1. The number of benzene rings is 1. The van der Waals surface area contributed by atoms with Gasteiger partial charge in [-0.25, -0.2) is 0 Å². The summed E-state index contributed by atoms with van der Waals surface area (Å²) in [4.78, 5) is 33.6. The minimum atomic E-state index is -4.30. The molecule has 0 saturated heterocycles. The predicted octanol–water partition coefficient (Wildman–Crippen LogP) is 1.60. The van der Waals surface area contributed by atoms with Crippen LogP contribution >= 0.6 is 20.0 Å². The Balaban J connectivity index is 0.00000264. The van der Waals surface area contributed by atoms with Crippen molar-refractivity contribution in [3.05, 3.63) is 41.1 Å². The van der Waals surface area contributed by atoms with Crippen molar-refractivity contribution in [1.29, 1.82) is 0 Å². The van der Waals surface area contributed by atoms with Crippen LogP contribution in [-0.4, -0.2) is 31.9 Å². The van der Waals surface area contributed by atoms with E-state index in [9.17, 15) is 19.1 Å². The summed E-state index contributed by atoms with van der Waals surface area (Å²) in [5, 5.41) is 9.66. The molecule has 0 fully saturated rings. The van der Waals surface area contributed by atoms with Crippen LogP contribution in [0.15, 0.2) is 24.3 Å². The molecule has 0 radical (unpaired) electrons. The molecule has 0 aliphatic rings. The topological polar surface area (TPSA) is 134 Å². The fourth-order valence-electron chi connectivity index (χ4n) is 2.19. The molecule has 0 aliphatic heterocycles. The summed E-state index contributed by atoms with van der Waals surface area (Å²) in [5.74, 6) is -1.19. The molecule has 2 rings (SSSR count). The van der Waals surface area contributed by atoms with Gasteiger partial charge in [-0.2, -0.15) is 0 Å². The Morgan fingerprint density at radius 3 is 2.57 bits per heavy atom. The smallest absolute Gasteiger partial charge is 0.329 e. The third-order valence-corrected chi connectivity index (χ3v) is 4.00. The van der Waals surface area contributed by atoms with Crippen molar-refractivity contribution < 1.29 is 24.3 Å². The number of aromatic nitrogens is 1. The molecule has 0 aliphatic carbocycles. The fourth-order valence-corrected chi connectivity index (χ4v) is 2.91. The van der Waals surface area contributed by atoms with Crippen LogP contribution in [0, 0.1) is 6.92 Å². The van der Waals surface area contributed by atoms with Crippen LogP contribution in [0.5, 0.6) is 0 Å². The second-order valence-corrected chi connectivity index (χ2v) is 6.91. The Morgan fingerprint density at radius 1 is 1.35 bits per heavy atom. The van der Waals surface area contributed by atoms with Gasteiger partial charge in [-0.15, -0.1) is 12.4 Å². The number of fused-ring (bicyclic) bond motifs is 1. The zero-order valence-electron chi connectivity index (χ0n) is 12.3. The summed E-state index contributed by atoms with van der Waals surface area (Å²) in [6, 6.07) is 5.96. The summed E-state index contributed by atoms with van der Waals surface area (Å²) in [5.41, 5.74) is 7.77. The number of hydrogen-bond donors (Lipinski definition) is 4.